The maximum atomic E-state index is 12.2. The number of anilines is 2. The normalized spacial score (nSPS) is 9.85. The van der Waals surface area contributed by atoms with Crippen LogP contribution in [-0.2, 0) is 0 Å². The molecule has 0 saturated carbocycles. The fraction of sp³-hybridized carbons (Fsp3) is 0. The Bertz CT molecular complexity index is 725. The molecule has 0 saturated heterocycles. The van der Waals surface area contributed by atoms with Gasteiger partial charge >= 0.3 is 0 Å². The number of benzene rings is 2. The van der Waals surface area contributed by atoms with Gasteiger partial charge in [0, 0.05) is 10.2 Å². The lowest BCUT2D eigenvalue weighted by atomic mass is 10.1. The van der Waals surface area contributed by atoms with E-state index >= 15 is 0 Å². The van der Waals surface area contributed by atoms with Crippen molar-refractivity contribution in [1.29, 1.82) is 5.26 Å². The van der Waals surface area contributed by atoms with Gasteiger partial charge in [0.1, 0.15) is 0 Å². The van der Waals surface area contributed by atoms with Crippen LogP contribution in [0, 0.1) is 11.3 Å². The molecule has 0 aliphatic heterocycles. The summed E-state index contributed by atoms with van der Waals surface area (Å²) in [5, 5.41) is 11.8. The molecule has 0 aromatic heterocycles. The summed E-state index contributed by atoms with van der Waals surface area (Å²) in [5.74, 6) is -0.368. The first-order valence-corrected chi connectivity index (χ1v) is 6.74. The van der Waals surface area contributed by atoms with E-state index in [0.29, 0.717) is 32.0 Å². The third kappa shape index (κ3) is 3.10. The topological polar surface area (TPSA) is 78.9 Å². The van der Waals surface area contributed by atoms with Crippen LogP contribution >= 0.6 is 27.5 Å². The molecule has 0 heterocycles. The Hall–Kier alpha value is -2.03. The Kier molecular flexibility index (Phi) is 4.28. The molecule has 2 aromatic carbocycles. The van der Waals surface area contributed by atoms with Gasteiger partial charge in [-0.2, -0.15) is 5.26 Å². The van der Waals surface area contributed by atoms with E-state index in [4.69, 9.17) is 22.6 Å². The third-order valence-electron chi connectivity index (χ3n) is 2.58. The highest BCUT2D eigenvalue weighted by Gasteiger charge is 2.12. The van der Waals surface area contributed by atoms with E-state index < -0.39 is 0 Å². The first-order chi connectivity index (χ1) is 9.51. The number of rotatable bonds is 2. The molecule has 0 aliphatic carbocycles. The summed E-state index contributed by atoms with van der Waals surface area (Å²) in [6, 6.07) is 11.6. The van der Waals surface area contributed by atoms with Gasteiger partial charge in [-0.3, -0.25) is 4.79 Å². The number of amides is 1. The molecular formula is C14H9BrClN3O. The summed E-state index contributed by atoms with van der Waals surface area (Å²) in [4.78, 5) is 12.2. The summed E-state index contributed by atoms with van der Waals surface area (Å²) in [7, 11) is 0. The Morgan fingerprint density at radius 3 is 2.70 bits per heavy atom. The van der Waals surface area contributed by atoms with Gasteiger partial charge in [0.15, 0.2) is 0 Å². The first kappa shape index (κ1) is 14.4. The molecular weight excluding hydrogens is 342 g/mol. The molecule has 0 spiro atoms. The molecule has 0 fully saturated rings. The van der Waals surface area contributed by atoms with Crippen molar-refractivity contribution in [2.45, 2.75) is 0 Å². The van der Waals surface area contributed by atoms with Crippen LogP contribution < -0.4 is 11.1 Å². The van der Waals surface area contributed by atoms with E-state index in [1.54, 1.807) is 30.3 Å². The van der Waals surface area contributed by atoms with Gasteiger partial charge in [-0.25, -0.2) is 0 Å². The minimum atomic E-state index is -0.368. The summed E-state index contributed by atoms with van der Waals surface area (Å²) in [6.45, 7) is 0. The lowest BCUT2D eigenvalue weighted by Gasteiger charge is -2.09. The first-order valence-electron chi connectivity index (χ1n) is 5.57. The van der Waals surface area contributed by atoms with Crippen LogP contribution in [0.5, 0.6) is 0 Å². The number of nitrogens with zero attached hydrogens (tertiary/aromatic N) is 1. The van der Waals surface area contributed by atoms with Crippen LogP contribution in [-0.4, -0.2) is 5.91 Å². The van der Waals surface area contributed by atoms with Gasteiger partial charge in [-0.15, -0.1) is 0 Å². The standard InChI is InChI=1S/C14H9BrClN3O/c15-11-5-8(7-17)1-4-13(11)19-14(20)10-6-9(18)2-3-12(10)16/h1-6H,18H2,(H,19,20). The maximum Gasteiger partial charge on any atom is 0.257 e. The van der Waals surface area contributed by atoms with Crippen LogP contribution in [0.1, 0.15) is 15.9 Å². The van der Waals surface area contributed by atoms with Crippen molar-refractivity contribution in [2.24, 2.45) is 0 Å². The Morgan fingerprint density at radius 2 is 2.05 bits per heavy atom. The lowest BCUT2D eigenvalue weighted by molar-refractivity contribution is 0.102. The highest BCUT2D eigenvalue weighted by Crippen LogP contribution is 2.25. The molecule has 2 rings (SSSR count). The molecule has 6 heteroatoms. The SMILES string of the molecule is N#Cc1ccc(NC(=O)c2cc(N)ccc2Cl)c(Br)c1. The quantitative estimate of drug-likeness (QED) is 0.808. The summed E-state index contributed by atoms with van der Waals surface area (Å²) >= 11 is 9.27. The van der Waals surface area contributed by atoms with Crippen molar-refractivity contribution in [1.82, 2.24) is 0 Å². The van der Waals surface area contributed by atoms with Gasteiger partial charge in [-0.1, -0.05) is 11.6 Å². The molecule has 0 unspecified atom stereocenters. The third-order valence-corrected chi connectivity index (χ3v) is 3.57. The highest BCUT2D eigenvalue weighted by atomic mass is 79.9. The van der Waals surface area contributed by atoms with E-state index in [1.165, 1.54) is 6.07 Å². The number of nitrogens with two attached hydrogens (primary N) is 1. The molecule has 100 valence electrons. The zero-order chi connectivity index (χ0) is 14.7. The van der Waals surface area contributed by atoms with Crippen LogP contribution in [0.25, 0.3) is 0 Å². The largest absolute Gasteiger partial charge is 0.399 e. The predicted octanol–water partition coefficient (Wildman–Crippen LogP) is 3.81. The average molecular weight is 351 g/mol. The van der Waals surface area contributed by atoms with Gasteiger partial charge in [0.25, 0.3) is 5.91 Å². The van der Waals surface area contributed by atoms with Crippen molar-refractivity contribution in [3.05, 3.63) is 57.0 Å². The zero-order valence-corrected chi connectivity index (χ0v) is 12.5. The van der Waals surface area contributed by atoms with Crippen LogP contribution in [0.2, 0.25) is 5.02 Å². The van der Waals surface area contributed by atoms with Gasteiger partial charge in [0.2, 0.25) is 0 Å². The fourth-order valence-electron chi connectivity index (χ4n) is 1.59. The number of nitriles is 1. The highest BCUT2D eigenvalue weighted by molar-refractivity contribution is 9.10. The Labute approximate surface area is 129 Å². The predicted molar refractivity (Wildman–Crippen MR) is 82.7 cm³/mol. The van der Waals surface area contributed by atoms with Gasteiger partial charge in [-0.05, 0) is 52.3 Å². The molecule has 1 amide bonds. The monoisotopic (exact) mass is 349 g/mol. The van der Waals surface area contributed by atoms with E-state index in [-0.39, 0.29) is 5.91 Å². The molecule has 0 atom stereocenters. The van der Waals surface area contributed by atoms with Crippen molar-refractivity contribution >= 4 is 44.8 Å². The van der Waals surface area contributed by atoms with Crippen molar-refractivity contribution in [2.75, 3.05) is 11.1 Å². The van der Waals surface area contributed by atoms with Gasteiger partial charge < -0.3 is 11.1 Å². The molecule has 0 bridgehead atoms. The van der Waals surface area contributed by atoms with E-state index in [0.717, 1.165) is 0 Å². The molecule has 20 heavy (non-hydrogen) atoms. The number of nitrogens with one attached hydrogen (secondary N) is 1. The smallest absolute Gasteiger partial charge is 0.257 e. The number of nitrogen functional groups attached to an aromatic ring is 1. The number of hydrogen-bond donors (Lipinski definition) is 2. The second kappa shape index (κ2) is 5.95. The molecule has 2 aromatic rings. The number of carbonyl (C=O) groups is 1. The Morgan fingerprint density at radius 1 is 1.30 bits per heavy atom. The number of halogens is 2. The average Bonchev–Trinajstić information content (AvgIpc) is 2.43. The molecule has 0 aliphatic rings. The van der Waals surface area contributed by atoms with E-state index in [1.807, 2.05) is 6.07 Å². The maximum absolute atomic E-state index is 12.2. The van der Waals surface area contributed by atoms with Crippen molar-refractivity contribution < 1.29 is 4.79 Å². The zero-order valence-electron chi connectivity index (χ0n) is 10.2. The lowest BCUT2D eigenvalue weighted by Crippen LogP contribution is -2.13. The van der Waals surface area contributed by atoms with E-state index in [2.05, 4.69) is 21.2 Å². The van der Waals surface area contributed by atoms with Crippen LogP contribution in [0.3, 0.4) is 0 Å². The molecule has 0 radical (unpaired) electrons. The number of hydrogen-bond acceptors (Lipinski definition) is 3. The summed E-state index contributed by atoms with van der Waals surface area (Å²) < 4.78 is 0.616. The van der Waals surface area contributed by atoms with Crippen LogP contribution in [0.15, 0.2) is 40.9 Å². The fourth-order valence-corrected chi connectivity index (χ4v) is 2.27. The van der Waals surface area contributed by atoms with Crippen molar-refractivity contribution in [3.63, 3.8) is 0 Å². The van der Waals surface area contributed by atoms with Crippen LogP contribution in [0.4, 0.5) is 11.4 Å². The molecule has 3 N–H and O–H groups in total. The summed E-state index contributed by atoms with van der Waals surface area (Å²) in [6.07, 6.45) is 0. The minimum Gasteiger partial charge on any atom is -0.399 e. The second-order valence-electron chi connectivity index (χ2n) is 4.00. The minimum absolute atomic E-state index is 0.294. The van der Waals surface area contributed by atoms with Crippen molar-refractivity contribution in [3.8, 4) is 6.07 Å². The molecule has 4 nitrogen and oxygen atoms in total. The number of carbonyl (C=O) groups excluding carboxylic acids is 1. The Balaban J connectivity index is 2.28. The second-order valence-corrected chi connectivity index (χ2v) is 5.26. The van der Waals surface area contributed by atoms with Gasteiger partial charge in [0.05, 0.1) is 27.9 Å². The van der Waals surface area contributed by atoms with E-state index in [9.17, 15) is 4.79 Å². The summed E-state index contributed by atoms with van der Waals surface area (Å²) in [5.41, 5.74) is 7.44.